The number of rotatable bonds is 7. The minimum absolute atomic E-state index is 0.559. The Hall–Kier alpha value is -1.75. The first-order valence-electron chi connectivity index (χ1n) is 7.35. The summed E-state index contributed by atoms with van der Waals surface area (Å²) in [5.74, 6) is 0.928. The van der Waals surface area contributed by atoms with Crippen molar-refractivity contribution in [2.75, 3.05) is 32.8 Å². The van der Waals surface area contributed by atoms with Crippen LogP contribution in [-0.2, 0) is 4.79 Å². The van der Waals surface area contributed by atoms with Crippen LogP contribution < -0.4 is 9.47 Å². The van der Waals surface area contributed by atoms with E-state index in [0.29, 0.717) is 26.2 Å². The van der Waals surface area contributed by atoms with Crippen LogP contribution in [0.3, 0.4) is 0 Å². The molecule has 2 rings (SSSR count). The molecule has 1 aromatic rings. The number of carbonyl (C=O) groups is 1. The largest absolute Gasteiger partial charge is 0.494 e. The van der Waals surface area contributed by atoms with Crippen molar-refractivity contribution < 1.29 is 19.4 Å². The highest BCUT2D eigenvalue weighted by atomic mass is 16.5. The van der Waals surface area contributed by atoms with Crippen LogP contribution in [0.2, 0.25) is 0 Å². The van der Waals surface area contributed by atoms with Gasteiger partial charge in [-0.05, 0) is 51.1 Å². The van der Waals surface area contributed by atoms with E-state index in [0.717, 1.165) is 24.6 Å². The van der Waals surface area contributed by atoms with Crippen LogP contribution in [0.5, 0.6) is 11.5 Å². The molecular weight excluding hydrogens is 270 g/mol. The van der Waals surface area contributed by atoms with Gasteiger partial charge in [-0.15, -0.1) is 0 Å². The third-order valence-corrected chi connectivity index (χ3v) is 3.88. The van der Waals surface area contributed by atoms with Crippen LogP contribution in [0, 0.1) is 5.41 Å². The molecule has 1 atom stereocenters. The zero-order valence-electron chi connectivity index (χ0n) is 12.7. The molecule has 0 bridgehead atoms. The summed E-state index contributed by atoms with van der Waals surface area (Å²) in [6.07, 6.45) is 0.700. The lowest BCUT2D eigenvalue weighted by Gasteiger charge is -2.20. The molecule has 0 radical (unpaired) electrons. The number of ether oxygens (including phenoxy) is 2. The standard InChI is InChI=1S/C16H23NO4/c1-3-20-13-4-6-14(7-5-13)21-11-10-17-9-8-16(2,12-17)15(18)19/h4-7H,3,8-12H2,1-2H3,(H,18,19). The van der Waals surface area contributed by atoms with Gasteiger partial charge in [-0.3, -0.25) is 9.69 Å². The highest BCUT2D eigenvalue weighted by Crippen LogP contribution is 2.29. The topological polar surface area (TPSA) is 59.0 Å². The number of nitrogens with zero attached hydrogens (tertiary/aromatic N) is 1. The normalized spacial score (nSPS) is 22.2. The van der Waals surface area contributed by atoms with E-state index in [-0.39, 0.29) is 0 Å². The number of benzene rings is 1. The Morgan fingerprint density at radius 2 is 1.90 bits per heavy atom. The fourth-order valence-corrected chi connectivity index (χ4v) is 2.51. The Morgan fingerprint density at radius 3 is 2.43 bits per heavy atom. The Kier molecular flexibility index (Phi) is 5.07. The van der Waals surface area contributed by atoms with Crippen molar-refractivity contribution in [3.8, 4) is 11.5 Å². The minimum Gasteiger partial charge on any atom is -0.494 e. The first kappa shape index (κ1) is 15.6. The predicted molar refractivity (Wildman–Crippen MR) is 79.9 cm³/mol. The first-order valence-corrected chi connectivity index (χ1v) is 7.35. The zero-order chi connectivity index (χ0) is 15.3. The Labute approximate surface area is 125 Å². The Balaban J connectivity index is 1.74. The second kappa shape index (κ2) is 6.80. The van der Waals surface area contributed by atoms with E-state index in [1.807, 2.05) is 38.1 Å². The lowest BCUT2D eigenvalue weighted by Crippen LogP contribution is -2.33. The molecule has 21 heavy (non-hydrogen) atoms. The lowest BCUT2D eigenvalue weighted by atomic mass is 9.90. The fraction of sp³-hybridized carbons (Fsp3) is 0.562. The molecule has 1 aliphatic rings. The van der Waals surface area contributed by atoms with Gasteiger partial charge >= 0.3 is 5.97 Å². The molecule has 1 unspecified atom stereocenters. The molecule has 5 nitrogen and oxygen atoms in total. The smallest absolute Gasteiger partial charge is 0.310 e. The van der Waals surface area contributed by atoms with E-state index in [1.165, 1.54) is 0 Å². The number of hydrogen-bond donors (Lipinski definition) is 1. The molecule has 1 aliphatic heterocycles. The fourth-order valence-electron chi connectivity index (χ4n) is 2.51. The summed E-state index contributed by atoms with van der Waals surface area (Å²) in [6, 6.07) is 7.54. The van der Waals surface area contributed by atoms with Gasteiger partial charge in [0, 0.05) is 13.1 Å². The highest BCUT2D eigenvalue weighted by molar-refractivity contribution is 5.74. The summed E-state index contributed by atoms with van der Waals surface area (Å²) in [4.78, 5) is 13.3. The van der Waals surface area contributed by atoms with Crippen LogP contribution in [0.1, 0.15) is 20.3 Å². The van der Waals surface area contributed by atoms with E-state index in [4.69, 9.17) is 9.47 Å². The monoisotopic (exact) mass is 293 g/mol. The number of carboxylic acid groups (broad SMARTS) is 1. The van der Waals surface area contributed by atoms with Crippen molar-refractivity contribution in [1.29, 1.82) is 0 Å². The van der Waals surface area contributed by atoms with E-state index < -0.39 is 11.4 Å². The zero-order valence-corrected chi connectivity index (χ0v) is 12.7. The van der Waals surface area contributed by atoms with E-state index >= 15 is 0 Å². The van der Waals surface area contributed by atoms with Gasteiger partial charge in [0.15, 0.2) is 0 Å². The van der Waals surface area contributed by atoms with Gasteiger partial charge in [0.25, 0.3) is 0 Å². The van der Waals surface area contributed by atoms with Crippen molar-refractivity contribution in [1.82, 2.24) is 4.90 Å². The van der Waals surface area contributed by atoms with Crippen molar-refractivity contribution in [3.63, 3.8) is 0 Å². The van der Waals surface area contributed by atoms with Crippen LogP contribution in [0.4, 0.5) is 0 Å². The summed E-state index contributed by atoms with van der Waals surface area (Å²) in [6.45, 7) is 7.12. The van der Waals surface area contributed by atoms with E-state index in [2.05, 4.69) is 4.90 Å². The lowest BCUT2D eigenvalue weighted by molar-refractivity contribution is -0.147. The average molecular weight is 293 g/mol. The number of carboxylic acids is 1. The van der Waals surface area contributed by atoms with Crippen LogP contribution in [0.15, 0.2) is 24.3 Å². The average Bonchev–Trinajstić information content (AvgIpc) is 2.84. The van der Waals surface area contributed by atoms with Gasteiger partial charge in [-0.2, -0.15) is 0 Å². The van der Waals surface area contributed by atoms with Gasteiger partial charge in [-0.25, -0.2) is 0 Å². The molecule has 0 aliphatic carbocycles. The SMILES string of the molecule is CCOc1ccc(OCCN2CCC(C)(C(=O)O)C2)cc1. The second-order valence-electron chi connectivity index (χ2n) is 5.64. The molecular formula is C16H23NO4. The summed E-state index contributed by atoms with van der Waals surface area (Å²) in [7, 11) is 0. The number of aliphatic carboxylic acids is 1. The molecule has 1 aromatic carbocycles. The highest BCUT2D eigenvalue weighted by Gasteiger charge is 2.40. The van der Waals surface area contributed by atoms with Gasteiger partial charge in [-0.1, -0.05) is 0 Å². The molecule has 1 N–H and O–H groups in total. The maximum absolute atomic E-state index is 11.2. The van der Waals surface area contributed by atoms with Crippen LogP contribution in [0.25, 0.3) is 0 Å². The van der Waals surface area contributed by atoms with Gasteiger partial charge in [0.05, 0.1) is 12.0 Å². The molecule has 0 aromatic heterocycles. The molecule has 116 valence electrons. The van der Waals surface area contributed by atoms with Crippen LogP contribution >= 0.6 is 0 Å². The van der Waals surface area contributed by atoms with Gasteiger partial charge < -0.3 is 14.6 Å². The Bertz CT molecular complexity index is 474. The van der Waals surface area contributed by atoms with Crippen molar-refractivity contribution in [2.24, 2.45) is 5.41 Å². The molecule has 0 saturated carbocycles. The van der Waals surface area contributed by atoms with Gasteiger partial charge in [0.1, 0.15) is 18.1 Å². The van der Waals surface area contributed by atoms with Crippen molar-refractivity contribution in [3.05, 3.63) is 24.3 Å². The van der Waals surface area contributed by atoms with E-state index in [9.17, 15) is 9.90 Å². The molecule has 0 spiro atoms. The van der Waals surface area contributed by atoms with Crippen molar-refractivity contribution >= 4 is 5.97 Å². The van der Waals surface area contributed by atoms with Gasteiger partial charge in [0.2, 0.25) is 0 Å². The first-order chi connectivity index (χ1) is 10.0. The maximum atomic E-state index is 11.2. The second-order valence-corrected chi connectivity index (χ2v) is 5.64. The summed E-state index contributed by atoms with van der Waals surface area (Å²) >= 11 is 0. The summed E-state index contributed by atoms with van der Waals surface area (Å²) in [5.41, 5.74) is -0.612. The quantitative estimate of drug-likeness (QED) is 0.835. The number of hydrogen-bond acceptors (Lipinski definition) is 4. The molecule has 1 heterocycles. The van der Waals surface area contributed by atoms with Crippen LogP contribution in [-0.4, -0.2) is 48.8 Å². The summed E-state index contributed by atoms with van der Waals surface area (Å²) in [5, 5.41) is 9.19. The summed E-state index contributed by atoms with van der Waals surface area (Å²) < 4.78 is 11.1. The molecule has 1 fully saturated rings. The Morgan fingerprint density at radius 1 is 1.29 bits per heavy atom. The molecule has 5 heteroatoms. The third-order valence-electron chi connectivity index (χ3n) is 3.88. The van der Waals surface area contributed by atoms with Crippen molar-refractivity contribution in [2.45, 2.75) is 20.3 Å². The predicted octanol–water partition coefficient (Wildman–Crippen LogP) is 2.26. The number of likely N-dealkylation sites (tertiary alicyclic amines) is 1. The maximum Gasteiger partial charge on any atom is 0.310 e. The third kappa shape index (κ3) is 4.11. The molecule has 1 saturated heterocycles. The van der Waals surface area contributed by atoms with E-state index in [1.54, 1.807) is 0 Å². The minimum atomic E-state index is -0.711. The molecule has 0 amide bonds.